The van der Waals surface area contributed by atoms with E-state index in [0.29, 0.717) is 6.54 Å². The summed E-state index contributed by atoms with van der Waals surface area (Å²) >= 11 is 0. The fraction of sp³-hybridized carbons (Fsp3) is 0.333. The van der Waals surface area contributed by atoms with Crippen molar-refractivity contribution in [1.82, 2.24) is 19.5 Å². The number of nitrogens with one attached hydrogen (secondary N) is 1. The van der Waals surface area contributed by atoms with Gasteiger partial charge in [0.15, 0.2) is 0 Å². The average Bonchev–Trinajstić information content (AvgIpc) is 3.10. The molecule has 1 aliphatic rings. The molecule has 0 amide bonds. The molecule has 4 rings (SSSR count). The van der Waals surface area contributed by atoms with E-state index in [0.717, 1.165) is 60.8 Å². The van der Waals surface area contributed by atoms with Gasteiger partial charge in [0.2, 0.25) is 10.0 Å². The Morgan fingerprint density at radius 1 is 1.07 bits per heavy atom. The minimum Gasteiger partial charge on any atom is -0.267 e. The van der Waals surface area contributed by atoms with Crippen molar-refractivity contribution in [2.24, 2.45) is 0 Å². The Morgan fingerprint density at radius 2 is 1.83 bits per heavy atom. The SMILES string of the molecule is O=S(=O)(Cc1cc(F)ccc1F)NCCn1nc(-c2ccncc2)c2c1CCCC2. The topological polar surface area (TPSA) is 76.9 Å². The van der Waals surface area contributed by atoms with Crippen LogP contribution in [0.1, 0.15) is 29.7 Å². The minimum absolute atomic E-state index is 0.114. The van der Waals surface area contributed by atoms with E-state index in [1.54, 1.807) is 12.4 Å². The summed E-state index contributed by atoms with van der Waals surface area (Å²) in [6, 6.07) is 6.62. The normalized spacial score (nSPS) is 13.9. The smallest absolute Gasteiger partial charge is 0.215 e. The summed E-state index contributed by atoms with van der Waals surface area (Å²) in [6.07, 6.45) is 7.46. The highest BCUT2D eigenvalue weighted by molar-refractivity contribution is 7.88. The minimum atomic E-state index is -3.82. The number of pyridine rings is 1. The summed E-state index contributed by atoms with van der Waals surface area (Å²) in [5.41, 5.74) is 4.04. The lowest BCUT2D eigenvalue weighted by molar-refractivity contribution is 0.536. The van der Waals surface area contributed by atoms with Crippen LogP contribution in [-0.4, -0.2) is 29.7 Å². The molecule has 0 radical (unpaired) electrons. The van der Waals surface area contributed by atoms with Crippen LogP contribution in [0.25, 0.3) is 11.3 Å². The van der Waals surface area contributed by atoms with E-state index in [9.17, 15) is 17.2 Å². The van der Waals surface area contributed by atoms with Crippen LogP contribution in [0.15, 0.2) is 42.7 Å². The predicted molar refractivity (Wildman–Crippen MR) is 109 cm³/mol. The number of rotatable bonds is 7. The first-order valence-electron chi connectivity index (χ1n) is 9.83. The zero-order chi connectivity index (χ0) is 21.1. The van der Waals surface area contributed by atoms with Gasteiger partial charge in [-0.2, -0.15) is 5.10 Å². The summed E-state index contributed by atoms with van der Waals surface area (Å²) in [5.74, 6) is -2.03. The molecule has 0 atom stereocenters. The molecule has 2 heterocycles. The van der Waals surface area contributed by atoms with Gasteiger partial charge >= 0.3 is 0 Å². The highest BCUT2D eigenvalue weighted by Crippen LogP contribution is 2.30. The molecule has 1 N–H and O–H groups in total. The Morgan fingerprint density at radius 3 is 2.63 bits per heavy atom. The summed E-state index contributed by atoms with van der Waals surface area (Å²) in [7, 11) is -3.82. The monoisotopic (exact) mass is 432 g/mol. The third-order valence-corrected chi connectivity index (χ3v) is 6.54. The molecule has 0 saturated heterocycles. The standard InChI is InChI=1S/C21H22F2N4O2S/c22-17-5-6-19(23)16(13-17)14-30(28,29)25-11-12-27-20-4-2-1-3-18(20)21(26-27)15-7-9-24-10-8-15/h5-10,13,25H,1-4,11-12,14H2. The average molecular weight is 432 g/mol. The zero-order valence-electron chi connectivity index (χ0n) is 16.3. The first-order chi connectivity index (χ1) is 14.4. The van der Waals surface area contributed by atoms with Gasteiger partial charge in [0, 0.05) is 41.3 Å². The number of benzene rings is 1. The molecule has 3 aromatic rings. The van der Waals surface area contributed by atoms with E-state index in [4.69, 9.17) is 5.10 Å². The molecule has 6 nitrogen and oxygen atoms in total. The Balaban J connectivity index is 1.47. The first kappa shape index (κ1) is 20.6. The van der Waals surface area contributed by atoms with E-state index < -0.39 is 27.4 Å². The molecule has 0 spiro atoms. The van der Waals surface area contributed by atoms with Crippen LogP contribution in [0.4, 0.5) is 8.78 Å². The van der Waals surface area contributed by atoms with Gasteiger partial charge in [0.1, 0.15) is 11.6 Å². The van der Waals surface area contributed by atoms with Crippen molar-refractivity contribution < 1.29 is 17.2 Å². The third kappa shape index (κ3) is 4.57. The fourth-order valence-electron chi connectivity index (χ4n) is 3.81. The quantitative estimate of drug-likeness (QED) is 0.622. The molecule has 9 heteroatoms. The van der Waals surface area contributed by atoms with Crippen LogP contribution in [0.2, 0.25) is 0 Å². The number of sulfonamides is 1. The van der Waals surface area contributed by atoms with E-state index in [2.05, 4.69) is 9.71 Å². The van der Waals surface area contributed by atoms with Crippen LogP contribution in [0, 0.1) is 11.6 Å². The first-order valence-corrected chi connectivity index (χ1v) is 11.5. The second-order valence-corrected chi connectivity index (χ2v) is 9.14. The fourth-order valence-corrected chi connectivity index (χ4v) is 4.95. The third-order valence-electron chi connectivity index (χ3n) is 5.21. The summed E-state index contributed by atoms with van der Waals surface area (Å²) in [4.78, 5) is 4.05. The van der Waals surface area contributed by atoms with Crippen LogP contribution >= 0.6 is 0 Å². The van der Waals surface area contributed by atoms with E-state index >= 15 is 0 Å². The molecule has 0 saturated carbocycles. The molecular formula is C21H22F2N4O2S. The number of hydrogen-bond acceptors (Lipinski definition) is 4. The summed E-state index contributed by atoms with van der Waals surface area (Å²) in [6.45, 7) is 0.474. The molecule has 0 fully saturated rings. The Kier molecular flexibility index (Phi) is 5.92. The Bertz CT molecular complexity index is 1150. The number of aromatic nitrogens is 3. The number of hydrogen-bond donors (Lipinski definition) is 1. The van der Waals surface area contributed by atoms with Crippen LogP contribution in [0.3, 0.4) is 0 Å². The van der Waals surface area contributed by atoms with Crippen LogP contribution < -0.4 is 4.72 Å². The van der Waals surface area contributed by atoms with Gasteiger partial charge in [0.05, 0.1) is 18.0 Å². The van der Waals surface area contributed by atoms with Crippen LogP contribution in [0.5, 0.6) is 0 Å². The lowest BCUT2D eigenvalue weighted by Crippen LogP contribution is -2.29. The van der Waals surface area contributed by atoms with Crippen molar-refractivity contribution in [1.29, 1.82) is 0 Å². The highest BCUT2D eigenvalue weighted by Gasteiger charge is 2.22. The van der Waals surface area contributed by atoms with Crippen molar-refractivity contribution >= 4 is 10.0 Å². The molecule has 30 heavy (non-hydrogen) atoms. The molecule has 158 valence electrons. The van der Waals surface area contributed by atoms with E-state index in [1.807, 2.05) is 16.8 Å². The van der Waals surface area contributed by atoms with Gasteiger partial charge in [-0.3, -0.25) is 9.67 Å². The van der Waals surface area contributed by atoms with Crippen molar-refractivity contribution in [2.75, 3.05) is 6.54 Å². The molecule has 0 aliphatic heterocycles. The van der Waals surface area contributed by atoms with Crippen molar-refractivity contribution in [2.45, 2.75) is 38.0 Å². The number of fused-ring (bicyclic) bond motifs is 1. The van der Waals surface area contributed by atoms with Gasteiger partial charge in [0.25, 0.3) is 0 Å². The number of nitrogens with zero attached hydrogens (tertiary/aromatic N) is 3. The Labute approximate surface area is 174 Å². The molecular weight excluding hydrogens is 410 g/mol. The summed E-state index contributed by atoms with van der Waals surface area (Å²) < 4.78 is 56.1. The van der Waals surface area contributed by atoms with Crippen molar-refractivity contribution in [3.63, 3.8) is 0 Å². The lowest BCUT2D eigenvalue weighted by atomic mass is 9.94. The Hall–Kier alpha value is -2.65. The van der Waals surface area contributed by atoms with Gasteiger partial charge in [-0.1, -0.05) is 0 Å². The maximum absolute atomic E-state index is 13.8. The lowest BCUT2D eigenvalue weighted by Gasteiger charge is -2.14. The molecule has 0 bridgehead atoms. The highest BCUT2D eigenvalue weighted by atomic mass is 32.2. The van der Waals surface area contributed by atoms with Crippen molar-refractivity contribution in [3.05, 3.63) is 71.2 Å². The van der Waals surface area contributed by atoms with Gasteiger partial charge < -0.3 is 0 Å². The molecule has 1 aliphatic carbocycles. The summed E-state index contributed by atoms with van der Waals surface area (Å²) in [5, 5.41) is 4.74. The van der Waals surface area contributed by atoms with Gasteiger partial charge in [-0.25, -0.2) is 21.9 Å². The maximum Gasteiger partial charge on any atom is 0.215 e. The predicted octanol–water partition coefficient (Wildman–Crippen LogP) is 3.22. The van der Waals surface area contributed by atoms with E-state index in [-0.39, 0.29) is 12.1 Å². The second kappa shape index (κ2) is 8.61. The molecule has 0 unspecified atom stereocenters. The molecule has 1 aromatic carbocycles. The van der Waals surface area contributed by atoms with Gasteiger partial charge in [-0.05, 0) is 56.0 Å². The van der Waals surface area contributed by atoms with Gasteiger partial charge in [-0.15, -0.1) is 0 Å². The molecule has 2 aromatic heterocycles. The largest absolute Gasteiger partial charge is 0.267 e. The van der Waals surface area contributed by atoms with Crippen LogP contribution in [-0.2, 0) is 35.2 Å². The zero-order valence-corrected chi connectivity index (χ0v) is 17.1. The maximum atomic E-state index is 13.8. The van der Waals surface area contributed by atoms with Crippen molar-refractivity contribution in [3.8, 4) is 11.3 Å². The van der Waals surface area contributed by atoms with E-state index in [1.165, 1.54) is 5.56 Å². The number of halogens is 2. The second-order valence-electron chi connectivity index (χ2n) is 7.33.